The minimum atomic E-state index is 0.185. The molecule has 1 fully saturated rings. The van der Waals surface area contributed by atoms with Crippen LogP contribution in [0.1, 0.15) is 25.7 Å². The van der Waals surface area contributed by atoms with Crippen molar-refractivity contribution < 1.29 is 5.11 Å². The molecule has 1 aromatic heterocycles. The van der Waals surface area contributed by atoms with Gasteiger partial charge in [-0.2, -0.15) is 15.0 Å². The minimum absolute atomic E-state index is 0.185. The molecule has 1 aromatic rings. The Bertz CT molecular complexity index is 387. The van der Waals surface area contributed by atoms with Crippen LogP contribution in [0, 0.1) is 0 Å². The smallest absolute Gasteiger partial charge is 0.230 e. The van der Waals surface area contributed by atoms with Gasteiger partial charge in [-0.3, -0.25) is 0 Å². The van der Waals surface area contributed by atoms with Crippen LogP contribution in [0.2, 0.25) is 5.28 Å². The summed E-state index contributed by atoms with van der Waals surface area (Å²) in [6.07, 6.45) is 4.35. The maximum atomic E-state index is 8.76. The van der Waals surface area contributed by atoms with E-state index in [9.17, 15) is 0 Å². The van der Waals surface area contributed by atoms with Crippen molar-refractivity contribution in [2.45, 2.75) is 30.8 Å². The van der Waals surface area contributed by atoms with Crippen molar-refractivity contribution in [1.29, 1.82) is 0 Å². The van der Waals surface area contributed by atoms with E-state index in [2.05, 4.69) is 19.9 Å². The lowest BCUT2D eigenvalue weighted by Crippen LogP contribution is -2.31. The van der Waals surface area contributed by atoms with Crippen molar-refractivity contribution in [3.05, 3.63) is 5.28 Å². The van der Waals surface area contributed by atoms with Gasteiger partial charge in [-0.05, 0) is 37.3 Å². The first-order valence-corrected chi connectivity index (χ1v) is 7.56. The number of aromatic nitrogens is 3. The first-order chi connectivity index (χ1) is 8.79. The highest BCUT2D eigenvalue weighted by molar-refractivity contribution is 7.99. The fourth-order valence-corrected chi connectivity index (χ4v) is 2.81. The summed E-state index contributed by atoms with van der Waals surface area (Å²) in [6, 6.07) is 0. The molecule has 0 spiro atoms. The van der Waals surface area contributed by atoms with Crippen molar-refractivity contribution >= 4 is 29.3 Å². The van der Waals surface area contributed by atoms with Crippen LogP contribution in [-0.2, 0) is 0 Å². The summed E-state index contributed by atoms with van der Waals surface area (Å²) >= 11 is 7.43. The minimum Gasteiger partial charge on any atom is -0.396 e. The topological polar surface area (TPSA) is 62.1 Å². The lowest BCUT2D eigenvalue weighted by atomic mass is 10.1. The van der Waals surface area contributed by atoms with Gasteiger partial charge in [0.2, 0.25) is 11.2 Å². The zero-order chi connectivity index (χ0) is 12.8. The largest absolute Gasteiger partial charge is 0.396 e. The monoisotopic (exact) mass is 288 g/mol. The Hall–Kier alpha value is -0.590. The van der Waals surface area contributed by atoms with Gasteiger partial charge in [-0.15, -0.1) is 0 Å². The molecule has 0 bridgehead atoms. The molecule has 7 heteroatoms. The van der Waals surface area contributed by atoms with Gasteiger partial charge in [0.1, 0.15) is 0 Å². The summed E-state index contributed by atoms with van der Waals surface area (Å²) in [5.41, 5.74) is 0. The number of thioether (sulfide) groups is 1. The third-order valence-corrected chi connectivity index (χ3v) is 3.85. The molecule has 0 aromatic carbocycles. The summed E-state index contributed by atoms with van der Waals surface area (Å²) in [5, 5.41) is 9.65. The SMILES string of the molecule is OCCCSc1nc(Cl)nc(N2CCCCC2)n1. The summed E-state index contributed by atoms with van der Waals surface area (Å²) in [7, 11) is 0. The van der Waals surface area contributed by atoms with E-state index in [4.69, 9.17) is 16.7 Å². The first-order valence-electron chi connectivity index (χ1n) is 6.20. The van der Waals surface area contributed by atoms with Gasteiger partial charge in [0.15, 0.2) is 5.16 Å². The van der Waals surface area contributed by atoms with Crippen LogP contribution in [-0.4, -0.2) is 45.5 Å². The lowest BCUT2D eigenvalue weighted by Gasteiger charge is -2.26. The predicted octanol–water partition coefficient (Wildman–Crippen LogP) is 1.99. The third kappa shape index (κ3) is 3.96. The van der Waals surface area contributed by atoms with Crippen LogP contribution in [0.15, 0.2) is 5.16 Å². The lowest BCUT2D eigenvalue weighted by molar-refractivity contribution is 0.296. The third-order valence-electron chi connectivity index (χ3n) is 2.75. The molecule has 0 aliphatic carbocycles. The molecule has 0 saturated carbocycles. The van der Waals surface area contributed by atoms with Gasteiger partial charge in [-0.25, -0.2) is 0 Å². The van der Waals surface area contributed by atoms with Crippen LogP contribution >= 0.6 is 23.4 Å². The van der Waals surface area contributed by atoms with E-state index in [1.807, 2.05) is 0 Å². The van der Waals surface area contributed by atoms with E-state index in [1.165, 1.54) is 31.0 Å². The van der Waals surface area contributed by atoms with E-state index in [0.29, 0.717) is 11.1 Å². The maximum Gasteiger partial charge on any atom is 0.230 e. The Kier molecular flexibility index (Phi) is 5.46. The number of halogens is 1. The first kappa shape index (κ1) is 13.8. The van der Waals surface area contributed by atoms with Gasteiger partial charge in [0.25, 0.3) is 0 Å². The van der Waals surface area contributed by atoms with E-state index in [1.54, 1.807) is 0 Å². The number of rotatable bonds is 5. The van der Waals surface area contributed by atoms with Gasteiger partial charge in [0.05, 0.1) is 0 Å². The van der Waals surface area contributed by atoms with Crippen molar-refractivity contribution in [1.82, 2.24) is 15.0 Å². The average molecular weight is 289 g/mol. The maximum absolute atomic E-state index is 8.76. The van der Waals surface area contributed by atoms with Crippen molar-refractivity contribution in [3.63, 3.8) is 0 Å². The highest BCUT2D eigenvalue weighted by Gasteiger charge is 2.15. The number of aliphatic hydroxyl groups is 1. The number of hydrogen-bond donors (Lipinski definition) is 1. The molecule has 1 N–H and O–H groups in total. The molecule has 0 atom stereocenters. The zero-order valence-corrected chi connectivity index (χ0v) is 11.8. The molecule has 2 rings (SSSR count). The number of aliphatic hydroxyl groups excluding tert-OH is 1. The van der Waals surface area contributed by atoms with Crippen molar-refractivity contribution in [2.75, 3.05) is 30.3 Å². The molecule has 5 nitrogen and oxygen atoms in total. The average Bonchev–Trinajstić information content (AvgIpc) is 2.39. The normalized spacial score (nSPS) is 16.0. The predicted molar refractivity (Wildman–Crippen MR) is 73.3 cm³/mol. The summed E-state index contributed by atoms with van der Waals surface area (Å²) < 4.78 is 0. The standard InChI is InChI=1S/C11H17ClN4OS/c12-9-13-10(16-5-2-1-3-6-16)15-11(14-9)18-8-4-7-17/h17H,1-8H2. The molecule has 0 unspecified atom stereocenters. The number of nitrogens with zero attached hydrogens (tertiary/aromatic N) is 4. The van der Waals surface area contributed by atoms with Crippen molar-refractivity contribution in [3.8, 4) is 0 Å². The van der Waals surface area contributed by atoms with Crippen LogP contribution in [0.4, 0.5) is 5.95 Å². The molecular formula is C11H17ClN4OS. The Balaban J connectivity index is 2.05. The van der Waals surface area contributed by atoms with Gasteiger partial charge in [-0.1, -0.05) is 11.8 Å². The Morgan fingerprint density at radius 2 is 1.94 bits per heavy atom. The van der Waals surface area contributed by atoms with E-state index >= 15 is 0 Å². The van der Waals surface area contributed by atoms with Crippen LogP contribution in [0.5, 0.6) is 0 Å². The molecule has 100 valence electrons. The molecular weight excluding hydrogens is 272 g/mol. The Labute approximate surface area is 116 Å². The highest BCUT2D eigenvalue weighted by atomic mass is 35.5. The second-order valence-electron chi connectivity index (χ2n) is 4.16. The Morgan fingerprint density at radius 3 is 2.67 bits per heavy atom. The molecule has 0 radical (unpaired) electrons. The van der Waals surface area contributed by atoms with E-state index < -0.39 is 0 Å². The summed E-state index contributed by atoms with van der Waals surface area (Å²) in [6.45, 7) is 2.16. The Morgan fingerprint density at radius 1 is 1.17 bits per heavy atom. The van der Waals surface area contributed by atoms with E-state index in [0.717, 1.165) is 25.3 Å². The highest BCUT2D eigenvalue weighted by Crippen LogP contribution is 2.21. The summed E-state index contributed by atoms with van der Waals surface area (Å²) in [5.74, 6) is 1.47. The number of hydrogen-bond acceptors (Lipinski definition) is 6. The van der Waals surface area contributed by atoms with Gasteiger partial charge < -0.3 is 10.0 Å². The molecule has 1 saturated heterocycles. The fraction of sp³-hybridized carbons (Fsp3) is 0.727. The van der Waals surface area contributed by atoms with Crippen LogP contribution in [0.25, 0.3) is 0 Å². The van der Waals surface area contributed by atoms with Gasteiger partial charge >= 0.3 is 0 Å². The molecule has 2 heterocycles. The fourth-order valence-electron chi connectivity index (χ4n) is 1.85. The second kappa shape index (κ2) is 7.11. The molecule has 1 aliphatic heterocycles. The summed E-state index contributed by atoms with van der Waals surface area (Å²) in [4.78, 5) is 14.9. The zero-order valence-electron chi connectivity index (χ0n) is 10.2. The molecule has 18 heavy (non-hydrogen) atoms. The molecule has 1 aliphatic rings. The number of anilines is 1. The quantitative estimate of drug-likeness (QED) is 0.660. The van der Waals surface area contributed by atoms with Crippen LogP contribution < -0.4 is 4.90 Å². The van der Waals surface area contributed by atoms with E-state index in [-0.39, 0.29) is 11.9 Å². The van der Waals surface area contributed by atoms with Crippen molar-refractivity contribution in [2.24, 2.45) is 0 Å². The van der Waals surface area contributed by atoms with Gasteiger partial charge in [0, 0.05) is 25.4 Å². The number of piperidine rings is 1. The van der Waals surface area contributed by atoms with Crippen LogP contribution in [0.3, 0.4) is 0 Å². The second-order valence-corrected chi connectivity index (χ2v) is 5.56. The molecule has 0 amide bonds.